The van der Waals surface area contributed by atoms with Gasteiger partial charge in [0.05, 0.1) is 15.4 Å². The zero-order valence-electron chi connectivity index (χ0n) is 5.56. The Balaban J connectivity index is 2.75. The topological polar surface area (TPSA) is 29.4 Å². The molecule has 0 aromatic carbocycles. The lowest BCUT2D eigenvalue weighted by molar-refractivity contribution is -0.118. The Labute approximate surface area is 86.8 Å². The van der Waals surface area contributed by atoms with Crippen molar-refractivity contribution >= 4 is 55.1 Å². The Kier molecular flexibility index (Phi) is 3.52. The number of halogens is 3. The van der Waals surface area contributed by atoms with Gasteiger partial charge in [-0.15, -0.1) is 0 Å². The second kappa shape index (κ2) is 4.01. The van der Waals surface area contributed by atoms with Crippen LogP contribution >= 0.6 is 43.6 Å². The van der Waals surface area contributed by atoms with Crippen LogP contribution in [0.2, 0.25) is 0 Å². The average Bonchev–Trinajstić information content (AvgIpc) is 1.85. The normalized spacial score (nSPS) is 32.3. The molecular weight excluding hydrogens is 297 g/mol. The number of nitrogens with zero attached hydrogens (tertiary/aromatic N) is 1. The molecule has 0 amide bonds. The molecule has 0 radical (unpaired) electrons. The van der Waals surface area contributed by atoms with E-state index in [0.717, 1.165) is 5.71 Å². The molecule has 0 spiro atoms. The largest absolute Gasteiger partial charge is 0.300 e. The smallest absolute Gasteiger partial charge is 0.135 e. The summed E-state index contributed by atoms with van der Waals surface area (Å²) in [5.74, 6) is 0.234. The molecule has 0 heterocycles. The van der Waals surface area contributed by atoms with Crippen LogP contribution in [0.25, 0.3) is 0 Å². The summed E-state index contributed by atoms with van der Waals surface area (Å²) >= 11 is 12.0. The minimum Gasteiger partial charge on any atom is -0.300 e. The lowest BCUT2D eigenvalue weighted by atomic mass is 9.97. The standard InChI is InChI=1S/C6H6Br2ClNO/c7-4-1-3(11)2-5(8)6(4)10-9/h4-5H,1-2H2. The first-order chi connectivity index (χ1) is 5.15. The molecule has 2 nitrogen and oxygen atoms in total. The fraction of sp³-hybridized carbons (Fsp3) is 0.667. The van der Waals surface area contributed by atoms with Crippen LogP contribution in [0.3, 0.4) is 0 Å². The van der Waals surface area contributed by atoms with E-state index in [4.69, 9.17) is 11.8 Å². The second-order valence-electron chi connectivity index (χ2n) is 2.39. The van der Waals surface area contributed by atoms with E-state index < -0.39 is 0 Å². The van der Waals surface area contributed by atoms with E-state index in [-0.39, 0.29) is 15.4 Å². The monoisotopic (exact) mass is 301 g/mol. The zero-order chi connectivity index (χ0) is 8.43. The Morgan fingerprint density at radius 2 is 1.82 bits per heavy atom. The van der Waals surface area contributed by atoms with Crippen molar-refractivity contribution in [2.75, 3.05) is 0 Å². The Hall–Kier alpha value is 0.590. The van der Waals surface area contributed by atoms with Crippen molar-refractivity contribution in [2.45, 2.75) is 22.5 Å². The van der Waals surface area contributed by atoms with Gasteiger partial charge in [-0.25, -0.2) is 0 Å². The minimum atomic E-state index is 0.00521. The number of hydrogen-bond acceptors (Lipinski definition) is 2. The highest BCUT2D eigenvalue weighted by Gasteiger charge is 2.30. The molecule has 1 saturated carbocycles. The highest BCUT2D eigenvalue weighted by atomic mass is 79.9. The zero-order valence-corrected chi connectivity index (χ0v) is 9.49. The van der Waals surface area contributed by atoms with Gasteiger partial charge in [0.2, 0.25) is 0 Å². The summed E-state index contributed by atoms with van der Waals surface area (Å²) in [6, 6.07) is 0. The Morgan fingerprint density at radius 1 is 1.36 bits per heavy atom. The van der Waals surface area contributed by atoms with Gasteiger partial charge in [0.15, 0.2) is 0 Å². The number of carbonyl (C=O) groups excluding carboxylic acids is 1. The number of rotatable bonds is 0. The fourth-order valence-electron chi connectivity index (χ4n) is 0.994. The Morgan fingerprint density at radius 3 is 2.18 bits per heavy atom. The van der Waals surface area contributed by atoms with E-state index in [2.05, 4.69) is 36.4 Å². The molecule has 62 valence electrons. The van der Waals surface area contributed by atoms with Crippen LogP contribution in [0.4, 0.5) is 0 Å². The quantitative estimate of drug-likeness (QED) is 0.632. The summed E-state index contributed by atoms with van der Waals surface area (Å²) in [7, 11) is 0. The predicted molar refractivity (Wildman–Crippen MR) is 53.0 cm³/mol. The van der Waals surface area contributed by atoms with Gasteiger partial charge in [-0.3, -0.25) is 4.79 Å². The van der Waals surface area contributed by atoms with Gasteiger partial charge >= 0.3 is 0 Å². The maximum atomic E-state index is 11.0. The molecule has 2 atom stereocenters. The lowest BCUT2D eigenvalue weighted by Gasteiger charge is -2.21. The summed E-state index contributed by atoms with van der Waals surface area (Å²) in [5, 5.41) is 0. The van der Waals surface area contributed by atoms with Gasteiger partial charge in [0, 0.05) is 24.6 Å². The van der Waals surface area contributed by atoms with Crippen molar-refractivity contribution in [3.05, 3.63) is 0 Å². The van der Waals surface area contributed by atoms with Crippen molar-refractivity contribution in [3.8, 4) is 0 Å². The molecule has 0 aliphatic heterocycles. The van der Waals surface area contributed by atoms with E-state index in [9.17, 15) is 4.79 Å². The van der Waals surface area contributed by atoms with E-state index in [1.807, 2.05) is 0 Å². The molecule has 1 aliphatic rings. The molecule has 2 unspecified atom stereocenters. The third-order valence-corrected chi connectivity index (χ3v) is 3.33. The summed E-state index contributed by atoms with van der Waals surface area (Å²) < 4.78 is 3.59. The van der Waals surface area contributed by atoms with Gasteiger partial charge in [-0.05, 0) is 0 Å². The average molecular weight is 303 g/mol. The lowest BCUT2D eigenvalue weighted by Crippen LogP contribution is -2.33. The molecule has 0 aromatic heterocycles. The van der Waals surface area contributed by atoms with Crippen LogP contribution < -0.4 is 0 Å². The first kappa shape index (κ1) is 9.68. The van der Waals surface area contributed by atoms with Crippen LogP contribution in [0.5, 0.6) is 0 Å². The molecule has 1 fully saturated rings. The molecule has 11 heavy (non-hydrogen) atoms. The summed E-state index contributed by atoms with van der Waals surface area (Å²) in [6.45, 7) is 0. The SMILES string of the molecule is O=C1CC(Br)C(=NCl)C(Br)C1. The van der Waals surface area contributed by atoms with Crippen LogP contribution in [0.1, 0.15) is 12.8 Å². The van der Waals surface area contributed by atoms with Crippen LogP contribution in [0.15, 0.2) is 4.51 Å². The number of carbonyl (C=O) groups is 1. The summed E-state index contributed by atoms with van der Waals surface area (Å²) in [4.78, 5) is 11.0. The van der Waals surface area contributed by atoms with E-state index >= 15 is 0 Å². The van der Waals surface area contributed by atoms with Crippen molar-refractivity contribution in [1.82, 2.24) is 0 Å². The van der Waals surface area contributed by atoms with Gasteiger partial charge in [-0.2, -0.15) is 4.51 Å². The molecule has 0 N–H and O–H groups in total. The molecule has 5 heteroatoms. The number of hydrogen-bond donors (Lipinski definition) is 0. The van der Waals surface area contributed by atoms with E-state index in [1.165, 1.54) is 0 Å². The highest BCUT2D eigenvalue weighted by molar-refractivity contribution is 9.10. The summed E-state index contributed by atoms with van der Waals surface area (Å²) in [5.41, 5.74) is 0.811. The van der Waals surface area contributed by atoms with Crippen molar-refractivity contribution < 1.29 is 4.79 Å². The molecule has 0 bridgehead atoms. The fourth-order valence-corrected chi connectivity index (χ4v) is 3.39. The predicted octanol–water partition coefficient (Wildman–Crippen LogP) is 2.47. The van der Waals surface area contributed by atoms with Crippen LogP contribution in [-0.4, -0.2) is 21.1 Å². The third kappa shape index (κ3) is 2.26. The van der Waals surface area contributed by atoms with E-state index in [0.29, 0.717) is 12.8 Å². The molecule has 0 aromatic rings. The number of ketones is 1. The molecular formula is C6H6Br2ClNO. The second-order valence-corrected chi connectivity index (χ2v) is 4.77. The number of Topliss-reactive ketones (excluding diaryl/α,β-unsaturated/α-hetero) is 1. The highest BCUT2D eigenvalue weighted by Crippen LogP contribution is 2.25. The van der Waals surface area contributed by atoms with Gasteiger partial charge in [-0.1, -0.05) is 31.9 Å². The first-order valence-electron chi connectivity index (χ1n) is 3.13. The minimum absolute atomic E-state index is 0.00521. The number of alkyl halides is 2. The summed E-state index contributed by atoms with van der Waals surface area (Å²) in [6.07, 6.45) is 0.987. The van der Waals surface area contributed by atoms with Gasteiger partial charge < -0.3 is 0 Å². The van der Waals surface area contributed by atoms with Gasteiger partial charge in [0.25, 0.3) is 0 Å². The van der Waals surface area contributed by atoms with Gasteiger partial charge in [0.1, 0.15) is 5.78 Å². The van der Waals surface area contributed by atoms with Crippen molar-refractivity contribution in [2.24, 2.45) is 4.51 Å². The Bertz CT molecular complexity index is 191. The maximum absolute atomic E-state index is 11.0. The maximum Gasteiger partial charge on any atom is 0.135 e. The molecule has 1 rings (SSSR count). The third-order valence-electron chi connectivity index (χ3n) is 1.55. The van der Waals surface area contributed by atoms with Crippen molar-refractivity contribution in [1.29, 1.82) is 0 Å². The molecule has 0 saturated heterocycles. The molecule has 1 aliphatic carbocycles. The first-order valence-corrected chi connectivity index (χ1v) is 5.30. The van der Waals surface area contributed by atoms with Crippen molar-refractivity contribution in [3.63, 3.8) is 0 Å². The van der Waals surface area contributed by atoms with E-state index in [1.54, 1.807) is 0 Å². The van der Waals surface area contributed by atoms with Crippen LogP contribution in [-0.2, 0) is 4.79 Å². The van der Waals surface area contributed by atoms with Crippen LogP contribution in [0, 0.1) is 0 Å².